The summed E-state index contributed by atoms with van der Waals surface area (Å²) in [6.07, 6.45) is 2.97. The van der Waals surface area contributed by atoms with E-state index < -0.39 is 15.6 Å². The summed E-state index contributed by atoms with van der Waals surface area (Å²) in [7, 11) is -3.49. The lowest BCUT2D eigenvalue weighted by Gasteiger charge is -2.34. The predicted octanol–water partition coefficient (Wildman–Crippen LogP) is 2.58. The van der Waals surface area contributed by atoms with Crippen molar-refractivity contribution in [2.24, 2.45) is 5.92 Å². The number of hydrogen-bond donors (Lipinski definition) is 1. The van der Waals surface area contributed by atoms with E-state index in [-0.39, 0.29) is 5.75 Å². The number of benzene rings is 1. The van der Waals surface area contributed by atoms with E-state index >= 15 is 0 Å². The second-order valence-electron chi connectivity index (χ2n) is 5.72. The van der Waals surface area contributed by atoms with Crippen LogP contribution in [0.2, 0.25) is 0 Å². The molecule has 0 bridgehead atoms. The number of nitrogens with one attached hydrogen (secondary N) is 1. The van der Waals surface area contributed by atoms with Crippen molar-refractivity contribution in [1.29, 1.82) is 5.26 Å². The van der Waals surface area contributed by atoms with Crippen molar-refractivity contribution in [3.8, 4) is 6.07 Å². The molecule has 0 unspecified atom stereocenters. The molecule has 20 heavy (non-hydrogen) atoms. The van der Waals surface area contributed by atoms with Gasteiger partial charge in [-0.3, -0.25) is 0 Å². The maximum Gasteiger partial charge on any atom is 0.217 e. The summed E-state index contributed by atoms with van der Waals surface area (Å²) in [6.45, 7) is 2.14. The number of nitrogens with zero attached hydrogens (tertiary/aromatic N) is 1. The Morgan fingerprint density at radius 3 is 2.45 bits per heavy atom. The van der Waals surface area contributed by atoms with Crippen molar-refractivity contribution < 1.29 is 8.42 Å². The summed E-state index contributed by atoms with van der Waals surface area (Å²) >= 11 is 0. The monoisotopic (exact) mass is 292 g/mol. The molecule has 2 rings (SSSR count). The number of nitriles is 1. The zero-order valence-electron chi connectivity index (χ0n) is 11.7. The Balaban J connectivity index is 2.09. The molecule has 1 aliphatic carbocycles. The van der Waals surface area contributed by atoms with Gasteiger partial charge in [-0.25, -0.2) is 8.42 Å². The van der Waals surface area contributed by atoms with E-state index in [0.29, 0.717) is 18.8 Å². The van der Waals surface area contributed by atoms with Crippen LogP contribution in [-0.2, 0) is 15.8 Å². The van der Waals surface area contributed by atoms with E-state index in [1.54, 1.807) is 12.1 Å². The van der Waals surface area contributed by atoms with Gasteiger partial charge < -0.3 is 0 Å². The van der Waals surface area contributed by atoms with Crippen LogP contribution < -0.4 is 4.72 Å². The molecule has 0 spiro atoms. The third kappa shape index (κ3) is 3.81. The first-order valence-corrected chi connectivity index (χ1v) is 8.57. The van der Waals surface area contributed by atoms with Crippen LogP contribution in [0.5, 0.6) is 0 Å². The molecular formula is C15H20N2O2S. The van der Waals surface area contributed by atoms with Gasteiger partial charge in [-0.2, -0.15) is 9.98 Å². The van der Waals surface area contributed by atoms with Crippen LogP contribution in [-0.4, -0.2) is 14.0 Å². The summed E-state index contributed by atoms with van der Waals surface area (Å²) in [4.78, 5) is 0. The predicted molar refractivity (Wildman–Crippen MR) is 78.2 cm³/mol. The van der Waals surface area contributed by atoms with Gasteiger partial charge >= 0.3 is 0 Å². The van der Waals surface area contributed by atoms with Crippen molar-refractivity contribution in [2.75, 3.05) is 0 Å². The first-order chi connectivity index (χ1) is 9.45. The van der Waals surface area contributed by atoms with Crippen LogP contribution in [0.4, 0.5) is 0 Å². The molecule has 0 amide bonds. The van der Waals surface area contributed by atoms with E-state index in [9.17, 15) is 13.7 Å². The van der Waals surface area contributed by atoms with Gasteiger partial charge in [0.25, 0.3) is 0 Å². The highest BCUT2D eigenvalue weighted by atomic mass is 32.2. The van der Waals surface area contributed by atoms with Crippen molar-refractivity contribution in [1.82, 2.24) is 4.72 Å². The molecule has 1 aromatic rings. The van der Waals surface area contributed by atoms with Crippen LogP contribution in [0.15, 0.2) is 30.3 Å². The molecule has 1 aromatic carbocycles. The summed E-state index contributed by atoms with van der Waals surface area (Å²) in [6, 6.07) is 11.2. The topological polar surface area (TPSA) is 70.0 Å². The highest BCUT2D eigenvalue weighted by Gasteiger charge is 2.37. The molecule has 1 aliphatic rings. The Morgan fingerprint density at radius 1 is 1.30 bits per heavy atom. The SMILES string of the molecule is CC1CCC(C#N)(NS(=O)(=O)Cc2ccccc2)CC1. The summed E-state index contributed by atoms with van der Waals surface area (Å²) in [5.74, 6) is 0.488. The van der Waals surface area contributed by atoms with Gasteiger partial charge in [-0.1, -0.05) is 37.3 Å². The minimum Gasteiger partial charge on any atom is -0.212 e. The van der Waals surface area contributed by atoms with Gasteiger partial charge in [0.2, 0.25) is 10.0 Å². The molecule has 108 valence electrons. The molecule has 0 saturated heterocycles. The maximum absolute atomic E-state index is 12.3. The molecule has 0 aromatic heterocycles. The Hall–Kier alpha value is -1.38. The quantitative estimate of drug-likeness (QED) is 0.927. The van der Waals surface area contributed by atoms with E-state index in [0.717, 1.165) is 18.4 Å². The van der Waals surface area contributed by atoms with Crippen molar-refractivity contribution >= 4 is 10.0 Å². The second kappa shape index (κ2) is 5.94. The van der Waals surface area contributed by atoms with Gasteiger partial charge in [0, 0.05) is 0 Å². The highest BCUT2D eigenvalue weighted by Crippen LogP contribution is 2.32. The van der Waals surface area contributed by atoms with Crippen LogP contribution in [0.3, 0.4) is 0 Å². The fraction of sp³-hybridized carbons (Fsp3) is 0.533. The fourth-order valence-electron chi connectivity index (χ4n) is 2.62. The van der Waals surface area contributed by atoms with Gasteiger partial charge in [0.1, 0.15) is 5.54 Å². The smallest absolute Gasteiger partial charge is 0.212 e. The third-order valence-electron chi connectivity index (χ3n) is 3.89. The first-order valence-electron chi connectivity index (χ1n) is 6.91. The zero-order valence-corrected chi connectivity index (χ0v) is 12.5. The van der Waals surface area contributed by atoms with Gasteiger partial charge in [0.15, 0.2) is 0 Å². The molecule has 1 N–H and O–H groups in total. The fourth-order valence-corrected chi connectivity index (χ4v) is 4.17. The first kappa shape index (κ1) is 15.0. The van der Waals surface area contributed by atoms with E-state index in [1.807, 2.05) is 18.2 Å². The van der Waals surface area contributed by atoms with Crippen molar-refractivity contribution in [3.05, 3.63) is 35.9 Å². The van der Waals surface area contributed by atoms with E-state index in [2.05, 4.69) is 17.7 Å². The number of rotatable bonds is 4. The second-order valence-corrected chi connectivity index (χ2v) is 7.45. The summed E-state index contributed by atoms with van der Waals surface area (Å²) in [5.41, 5.74) is -0.183. The molecule has 5 heteroatoms. The van der Waals surface area contributed by atoms with Crippen LogP contribution >= 0.6 is 0 Å². The molecule has 0 aliphatic heterocycles. The van der Waals surface area contributed by atoms with Gasteiger partial charge in [0.05, 0.1) is 11.8 Å². The summed E-state index contributed by atoms with van der Waals surface area (Å²) in [5, 5.41) is 9.38. The van der Waals surface area contributed by atoms with Crippen LogP contribution in [0, 0.1) is 17.2 Å². The molecule has 4 nitrogen and oxygen atoms in total. The largest absolute Gasteiger partial charge is 0.217 e. The lowest BCUT2D eigenvalue weighted by atomic mass is 9.79. The van der Waals surface area contributed by atoms with Crippen molar-refractivity contribution in [3.63, 3.8) is 0 Å². The molecule has 0 heterocycles. The van der Waals surface area contributed by atoms with E-state index in [4.69, 9.17) is 0 Å². The van der Waals surface area contributed by atoms with Gasteiger partial charge in [-0.05, 0) is 37.2 Å². The average molecular weight is 292 g/mol. The van der Waals surface area contributed by atoms with Crippen molar-refractivity contribution in [2.45, 2.75) is 43.9 Å². The molecule has 0 radical (unpaired) electrons. The minimum atomic E-state index is -3.49. The van der Waals surface area contributed by atoms with E-state index in [1.165, 1.54) is 0 Å². The van der Waals surface area contributed by atoms with Crippen LogP contribution in [0.25, 0.3) is 0 Å². The third-order valence-corrected chi connectivity index (χ3v) is 5.31. The Bertz CT molecular complexity index is 582. The average Bonchev–Trinajstić information content (AvgIpc) is 2.42. The maximum atomic E-state index is 12.3. The van der Waals surface area contributed by atoms with Gasteiger partial charge in [-0.15, -0.1) is 0 Å². The molecular weight excluding hydrogens is 272 g/mol. The lowest BCUT2D eigenvalue weighted by Crippen LogP contribution is -2.49. The lowest BCUT2D eigenvalue weighted by molar-refractivity contribution is 0.277. The standard InChI is InChI=1S/C15H20N2O2S/c1-13-7-9-15(12-16,10-8-13)17-20(18,19)11-14-5-3-2-4-6-14/h2-6,13,17H,7-11H2,1H3. The molecule has 0 atom stereocenters. The Kier molecular flexibility index (Phi) is 4.46. The Morgan fingerprint density at radius 2 is 1.90 bits per heavy atom. The highest BCUT2D eigenvalue weighted by molar-refractivity contribution is 7.88. The minimum absolute atomic E-state index is 0.0766. The number of hydrogen-bond acceptors (Lipinski definition) is 3. The summed E-state index contributed by atoms with van der Waals surface area (Å²) < 4.78 is 27.1. The molecule has 1 saturated carbocycles. The van der Waals surface area contributed by atoms with Crippen LogP contribution in [0.1, 0.15) is 38.2 Å². The molecule has 1 fully saturated rings. The Labute approximate surface area is 120 Å². The normalized spacial score (nSPS) is 26.9. The number of sulfonamides is 1. The zero-order chi connectivity index (χ0) is 14.6.